The van der Waals surface area contributed by atoms with Gasteiger partial charge in [-0.25, -0.2) is 13.6 Å². The minimum Gasteiger partial charge on any atom is -0.508 e. The van der Waals surface area contributed by atoms with Gasteiger partial charge in [0.2, 0.25) is 0 Å². The van der Waals surface area contributed by atoms with E-state index in [9.17, 15) is 18.7 Å². The Balaban J connectivity index is 2.28. The van der Waals surface area contributed by atoms with Crippen molar-refractivity contribution in [2.24, 2.45) is 0 Å². The van der Waals surface area contributed by atoms with Crippen molar-refractivity contribution in [1.29, 1.82) is 0 Å². The average Bonchev–Trinajstić information content (AvgIpc) is 2.42. The van der Waals surface area contributed by atoms with E-state index in [-0.39, 0.29) is 17.5 Å². The second-order valence-electron chi connectivity index (χ2n) is 4.57. The van der Waals surface area contributed by atoms with Crippen molar-refractivity contribution in [2.45, 2.75) is 13.0 Å². The number of carboxylic acids is 1. The number of phenolic OH excluding ortho intramolecular Hbond substituents is 1. The van der Waals surface area contributed by atoms with E-state index in [2.05, 4.69) is 5.32 Å². The number of aromatic carboxylic acids is 1. The molecular formula is C15H13F2NO3. The normalized spacial score (nSPS) is 12.0. The van der Waals surface area contributed by atoms with Crippen LogP contribution in [0, 0.1) is 11.6 Å². The smallest absolute Gasteiger partial charge is 0.338 e. The minimum atomic E-state index is -1.46. The van der Waals surface area contributed by atoms with Crippen LogP contribution in [0.1, 0.15) is 28.9 Å². The number of benzene rings is 2. The molecule has 0 radical (unpaired) electrons. The number of anilines is 1. The van der Waals surface area contributed by atoms with Crippen LogP contribution in [0.25, 0.3) is 0 Å². The van der Waals surface area contributed by atoms with Gasteiger partial charge in [0, 0.05) is 12.1 Å². The highest BCUT2D eigenvalue weighted by atomic mass is 19.1. The molecule has 0 aliphatic carbocycles. The van der Waals surface area contributed by atoms with E-state index in [4.69, 9.17) is 5.11 Å². The number of rotatable bonds is 4. The fourth-order valence-electron chi connectivity index (χ4n) is 1.90. The minimum absolute atomic E-state index is 0.102. The predicted molar refractivity (Wildman–Crippen MR) is 73.5 cm³/mol. The highest BCUT2D eigenvalue weighted by Crippen LogP contribution is 2.25. The second-order valence-corrected chi connectivity index (χ2v) is 4.57. The summed E-state index contributed by atoms with van der Waals surface area (Å²) in [4.78, 5) is 10.9. The van der Waals surface area contributed by atoms with Gasteiger partial charge in [-0.15, -0.1) is 0 Å². The first-order valence-electron chi connectivity index (χ1n) is 6.16. The molecule has 0 fully saturated rings. The van der Waals surface area contributed by atoms with Crippen LogP contribution in [0.4, 0.5) is 14.5 Å². The summed E-state index contributed by atoms with van der Waals surface area (Å²) in [5, 5.41) is 20.8. The van der Waals surface area contributed by atoms with Crippen molar-refractivity contribution in [2.75, 3.05) is 5.32 Å². The van der Waals surface area contributed by atoms with Gasteiger partial charge in [0.05, 0.1) is 11.3 Å². The number of hydrogen-bond acceptors (Lipinski definition) is 3. The molecule has 0 aromatic heterocycles. The summed E-state index contributed by atoms with van der Waals surface area (Å²) < 4.78 is 27.0. The van der Waals surface area contributed by atoms with E-state index in [0.717, 1.165) is 11.6 Å². The van der Waals surface area contributed by atoms with Gasteiger partial charge < -0.3 is 15.5 Å². The quantitative estimate of drug-likeness (QED) is 0.806. The topological polar surface area (TPSA) is 69.6 Å². The predicted octanol–water partition coefficient (Wildman–Crippen LogP) is 3.54. The number of phenols is 1. The van der Waals surface area contributed by atoms with Crippen molar-refractivity contribution in [1.82, 2.24) is 0 Å². The number of hydrogen-bond donors (Lipinski definition) is 3. The Hall–Kier alpha value is -2.63. The molecule has 0 aliphatic rings. The van der Waals surface area contributed by atoms with Gasteiger partial charge in [-0.2, -0.15) is 0 Å². The molecule has 0 heterocycles. The van der Waals surface area contributed by atoms with Crippen LogP contribution < -0.4 is 5.32 Å². The lowest BCUT2D eigenvalue weighted by atomic mass is 10.1. The van der Waals surface area contributed by atoms with E-state index >= 15 is 0 Å². The lowest BCUT2D eigenvalue weighted by Crippen LogP contribution is -2.10. The standard InChI is InChI=1S/C15H13F2NO3/c1-8(9-2-4-10(19)5-3-9)18-14-6-11(15(20)21)12(16)7-13(14)17/h2-8,18-19H,1H3,(H,20,21). The molecule has 3 N–H and O–H groups in total. The summed E-state index contributed by atoms with van der Waals surface area (Å²) in [6, 6.07) is 7.36. The Morgan fingerprint density at radius 3 is 2.33 bits per heavy atom. The number of halogens is 2. The van der Waals surface area contributed by atoms with Crippen molar-refractivity contribution >= 4 is 11.7 Å². The van der Waals surface area contributed by atoms with Crippen LogP contribution >= 0.6 is 0 Å². The van der Waals surface area contributed by atoms with Gasteiger partial charge in [0.25, 0.3) is 0 Å². The number of nitrogens with one attached hydrogen (secondary N) is 1. The lowest BCUT2D eigenvalue weighted by molar-refractivity contribution is 0.0692. The summed E-state index contributed by atoms with van der Waals surface area (Å²) in [5.41, 5.74) is 0.0552. The van der Waals surface area contributed by atoms with Crippen molar-refractivity contribution in [3.05, 3.63) is 59.2 Å². The van der Waals surface area contributed by atoms with Crippen LogP contribution in [0.2, 0.25) is 0 Å². The third kappa shape index (κ3) is 3.28. The van der Waals surface area contributed by atoms with E-state index in [1.807, 2.05) is 0 Å². The highest BCUT2D eigenvalue weighted by molar-refractivity contribution is 5.89. The zero-order valence-electron chi connectivity index (χ0n) is 11.1. The first kappa shape index (κ1) is 14.8. The van der Waals surface area contributed by atoms with Crippen LogP contribution in [0.5, 0.6) is 5.75 Å². The van der Waals surface area contributed by atoms with Crippen molar-refractivity contribution < 1.29 is 23.8 Å². The molecule has 2 rings (SSSR count). The number of aromatic hydroxyl groups is 1. The first-order valence-corrected chi connectivity index (χ1v) is 6.16. The third-order valence-electron chi connectivity index (χ3n) is 3.05. The summed E-state index contributed by atoms with van der Waals surface area (Å²) in [6.07, 6.45) is 0. The molecular weight excluding hydrogens is 280 g/mol. The molecule has 2 aromatic rings. The van der Waals surface area contributed by atoms with Crippen molar-refractivity contribution in [3.63, 3.8) is 0 Å². The molecule has 1 unspecified atom stereocenters. The molecule has 110 valence electrons. The van der Waals surface area contributed by atoms with Gasteiger partial charge in [-0.05, 0) is 30.7 Å². The fourth-order valence-corrected chi connectivity index (χ4v) is 1.90. The Labute approximate surface area is 119 Å². The molecule has 0 amide bonds. The van der Waals surface area contributed by atoms with Gasteiger partial charge in [-0.1, -0.05) is 12.1 Å². The molecule has 4 nitrogen and oxygen atoms in total. The summed E-state index contributed by atoms with van der Waals surface area (Å²) in [5.74, 6) is -3.36. The molecule has 6 heteroatoms. The molecule has 0 saturated heterocycles. The Morgan fingerprint density at radius 1 is 1.14 bits per heavy atom. The Bertz CT molecular complexity index is 671. The van der Waals surface area contributed by atoms with E-state index in [0.29, 0.717) is 6.07 Å². The Morgan fingerprint density at radius 2 is 1.76 bits per heavy atom. The van der Waals surface area contributed by atoms with Gasteiger partial charge in [0.1, 0.15) is 17.4 Å². The largest absolute Gasteiger partial charge is 0.508 e. The van der Waals surface area contributed by atoms with Crippen LogP contribution in [-0.4, -0.2) is 16.2 Å². The van der Waals surface area contributed by atoms with E-state index < -0.39 is 23.2 Å². The maximum Gasteiger partial charge on any atom is 0.338 e. The van der Waals surface area contributed by atoms with Crippen LogP contribution in [-0.2, 0) is 0 Å². The molecule has 0 saturated carbocycles. The third-order valence-corrected chi connectivity index (χ3v) is 3.05. The molecule has 2 aromatic carbocycles. The maximum absolute atomic E-state index is 13.7. The molecule has 21 heavy (non-hydrogen) atoms. The number of carbonyl (C=O) groups is 1. The lowest BCUT2D eigenvalue weighted by Gasteiger charge is -2.17. The molecule has 1 atom stereocenters. The molecule has 0 spiro atoms. The second kappa shape index (κ2) is 5.78. The number of carboxylic acid groups (broad SMARTS) is 1. The fraction of sp³-hybridized carbons (Fsp3) is 0.133. The average molecular weight is 293 g/mol. The summed E-state index contributed by atoms with van der Waals surface area (Å²) in [6.45, 7) is 1.73. The van der Waals surface area contributed by atoms with Crippen molar-refractivity contribution in [3.8, 4) is 5.75 Å². The van der Waals surface area contributed by atoms with E-state index in [1.165, 1.54) is 12.1 Å². The summed E-state index contributed by atoms with van der Waals surface area (Å²) >= 11 is 0. The summed E-state index contributed by atoms with van der Waals surface area (Å²) in [7, 11) is 0. The van der Waals surface area contributed by atoms with Crippen LogP contribution in [0.3, 0.4) is 0 Å². The monoisotopic (exact) mass is 293 g/mol. The zero-order valence-corrected chi connectivity index (χ0v) is 11.1. The zero-order chi connectivity index (χ0) is 15.6. The Kier molecular flexibility index (Phi) is 4.07. The van der Waals surface area contributed by atoms with Gasteiger partial charge >= 0.3 is 5.97 Å². The SMILES string of the molecule is CC(Nc1cc(C(=O)O)c(F)cc1F)c1ccc(O)cc1. The highest BCUT2D eigenvalue weighted by Gasteiger charge is 2.16. The maximum atomic E-state index is 13.7. The molecule has 0 bridgehead atoms. The first-order chi connectivity index (χ1) is 9.88. The molecule has 0 aliphatic heterocycles. The van der Waals surface area contributed by atoms with Crippen LogP contribution in [0.15, 0.2) is 36.4 Å². The van der Waals surface area contributed by atoms with E-state index in [1.54, 1.807) is 19.1 Å². The van der Waals surface area contributed by atoms with Gasteiger partial charge in [0.15, 0.2) is 0 Å². The van der Waals surface area contributed by atoms with Gasteiger partial charge in [-0.3, -0.25) is 0 Å².